The molecule has 1 aromatic heterocycles. The van der Waals surface area contributed by atoms with Crippen molar-refractivity contribution in [3.8, 4) is 0 Å². The van der Waals surface area contributed by atoms with Crippen LogP contribution in [0.4, 0.5) is 0 Å². The fraction of sp³-hybridized carbons (Fsp3) is 0.154. The van der Waals surface area contributed by atoms with Gasteiger partial charge in [0.05, 0.1) is 5.69 Å². The Balaban J connectivity index is 2.04. The van der Waals surface area contributed by atoms with Gasteiger partial charge in [-0.05, 0) is 12.5 Å². The third-order valence-electron chi connectivity index (χ3n) is 2.41. The van der Waals surface area contributed by atoms with Crippen LogP contribution in [-0.2, 0) is 11.3 Å². The summed E-state index contributed by atoms with van der Waals surface area (Å²) in [4.78, 5) is 26.5. The van der Waals surface area contributed by atoms with Gasteiger partial charge in [-0.25, -0.2) is 9.78 Å². The molecule has 0 spiro atoms. The van der Waals surface area contributed by atoms with Crippen LogP contribution in [0.5, 0.6) is 0 Å². The highest BCUT2D eigenvalue weighted by Gasteiger charge is 2.20. The van der Waals surface area contributed by atoms with Crippen LogP contribution in [0.3, 0.4) is 0 Å². The molecule has 0 unspecified atom stereocenters. The number of amides is 1. The van der Waals surface area contributed by atoms with Crippen molar-refractivity contribution >= 4 is 11.9 Å². The van der Waals surface area contributed by atoms with E-state index in [1.807, 2.05) is 30.3 Å². The maximum Gasteiger partial charge on any atom is 0.395 e. The molecule has 0 aliphatic carbocycles. The van der Waals surface area contributed by atoms with Crippen LogP contribution in [-0.4, -0.2) is 16.9 Å². The van der Waals surface area contributed by atoms with E-state index in [2.05, 4.69) is 4.98 Å². The highest BCUT2D eigenvalue weighted by atomic mass is 16.5. The molecular weight excluding hydrogens is 248 g/mol. The Bertz CT molecular complexity index is 604. The predicted molar refractivity (Wildman–Crippen MR) is 65.3 cm³/mol. The van der Waals surface area contributed by atoms with E-state index in [4.69, 9.17) is 14.9 Å². The number of ether oxygens (including phenoxy) is 1. The van der Waals surface area contributed by atoms with Crippen molar-refractivity contribution in [3.63, 3.8) is 0 Å². The van der Waals surface area contributed by atoms with E-state index in [9.17, 15) is 9.59 Å². The highest BCUT2D eigenvalue weighted by molar-refractivity contribution is 5.92. The number of carbonyl (C=O) groups excluding carboxylic acids is 2. The zero-order valence-electron chi connectivity index (χ0n) is 10.3. The van der Waals surface area contributed by atoms with Crippen LogP contribution >= 0.6 is 0 Å². The van der Waals surface area contributed by atoms with Gasteiger partial charge in [0.1, 0.15) is 6.61 Å². The number of carbonyl (C=O) groups is 2. The lowest BCUT2D eigenvalue weighted by molar-refractivity contribution is 0.0425. The van der Waals surface area contributed by atoms with Crippen molar-refractivity contribution in [1.29, 1.82) is 0 Å². The fourth-order valence-corrected chi connectivity index (χ4v) is 1.50. The first-order valence-corrected chi connectivity index (χ1v) is 5.56. The van der Waals surface area contributed by atoms with Gasteiger partial charge in [0.15, 0.2) is 0 Å². The van der Waals surface area contributed by atoms with Gasteiger partial charge in [-0.3, -0.25) is 4.79 Å². The van der Waals surface area contributed by atoms with E-state index < -0.39 is 11.9 Å². The van der Waals surface area contributed by atoms with E-state index in [1.165, 1.54) is 6.92 Å². The minimum absolute atomic E-state index is 0.104. The molecule has 0 radical (unpaired) electrons. The number of hydrogen-bond donors (Lipinski definition) is 1. The third-order valence-corrected chi connectivity index (χ3v) is 2.41. The van der Waals surface area contributed by atoms with Gasteiger partial charge in [-0.2, -0.15) is 0 Å². The van der Waals surface area contributed by atoms with Gasteiger partial charge < -0.3 is 14.9 Å². The first kappa shape index (κ1) is 12.8. The number of benzene rings is 1. The summed E-state index contributed by atoms with van der Waals surface area (Å²) >= 11 is 0. The lowest BCUT2D eigenvalue weighted by Gasteiger charge is -2.01. The van der Waals surface area contributed by atoms with Crippen molar-refractivity contribution < 1.29 is 18.7 Å². The van der Waals surface area contributed by atoms with E-state index in [1.54, 1.807) is 0 Å². The average Bonchev–Trinajstić information content (AvgIpc) is 2.79. The maximum absolute atomic E-state index is 11.7. The molecule has 6 heteroatoms. The molecule has 0 atom stereocenters. The summed E-state index contributed by atoms with van der Waals surface area (Å²) in [5.74, 6) is -1.92. The van der Waals surface area contributed by atoms with Crippen molar-refractivity contribution in [2.24, 2.45) is 5.73 Å². The summed E-state index contributed by atoms with van der Waals surface area (Å²) in [6, 6.07) is 9.18. The molecule has 1 heterocycles. The Morgan fingerprint density at radius 1 is 1.32 bits per heavy atom. The Hall–Kier alpha value is -2.63. The van der Waals surface area contributed by atoms with Crippen molar-refractivity contribution in [3.05, 3.63) is 53.2 Å². The fourth-order valence-electron chi connectivity index (χ4n) is 1.50. The second kappa shape index (κ2) is 5.34. The molecule has 0 bridgehead atoms. The maximum atomic E-state index is 11.7. The monoisotopic (exact) mass is 260 g/mol. The smallest absolute Gasteiger partial charge is 0.395 e. The quantitative estimate of drug-likeness (QED) is 0.839. The van der Waals surface area contributed by atoms with Crippen molar-refractivity contribution in [2.75, 3.05) is 0 Å². The molecule has 6 nitrogen and oxygen atoms in total. The summed E-state index contributed by atoms with van der Waals surface area (Å²) in [6.45, 7) is 1.63. The second-order valence-corrected chi connectivity index (χ2v) is 3.86. The SMILES string of the molecule is Cc1nc(C(=O)OCc2ccccc2)oc1C(N)=O. The number of aryl methyl sites for hydroxylation is 1. The minimum Gasteiger partial charge on any atom is -0.454 e. The lowest BCUT2D eigenvalue weighted by Crippen LogP contribution is -2.11. The number of primary amides is 1. The van der Waals surface area contributed by atoms with Gasteiger partial charge in [-0.15, -0.1) is 0 Å². The van der Waals surface area contributed by atoms with Gasteiger partial charge >= 0.3 is 11.9 Å². The largest absolute Gasteiger partial charge is 0.454 e. The molecule has 19 heavy (non-hydrogen) atoms. The predicted octanol–water partition coefficient (Wildman–Crippen LogP) is 1.44. The Morgan fingerprint density at radius 2 is 2.00 bits per heavy atom. The first-order chi connectivity index (χ1) is 9.08. The standard InChI is InChI=1S/C13H12N2O4/c1-8-10(11(14)16)19-12(15-8)13(17)18-7-9-5-3-2-4-6-9/h2-6H,7H2,1H3,(H2,14,16). The Morgan fingerprint density at radius 3 is 2.58 bits per heavy atom. The molecule has 98 valence electrons. The molecule has 0 fully saturated rings. The summed E-state index contributed by atoms with van der Waals surface area (Å²) in [5.41, 5.74) is 6.17. The molecule has 2 N–H and O–H groups in total. The lowest BCUT2D eigenvalue weighted by atomic mass is 10.2. The molecule has 2 aromatic rings. The number of nitrogens with zero attached hydrogens (tertiary/aromatic N) is 1. The molecule has 0 aliphatic heterocycles. The molecule has 2 rings (SSSR count). The summed E-state index contributed by atoms with van der Waals surface area (Å²) in [6.07, 6.45) is 0. The third kappa shape index (κ3) is 2.98. The van der Waals surface area contributed by atoms with Crippen molar-refractivity contribution in [2.45, 2.75) is 13.5 Å². The van der Waals surface area contributed by atoms with Crippen LogP contribution in [0.25, 0.3) is 0 Å². The minimum atomic E-state index is -0.771. The Kier molecular flexibility index (Phi) is 3.61. The van der Waals surface area contributed by atoms with Crippen molar-refractivity contribution in [1.82, 2.24) is 4.98 Å². The van der Waals surface area contributed by atoms with Gasteiger partial charge in [-0.1, -0.05) is 30.3 Å². The first-order valence-electron chi connectivity index (χ1n) is 5.56. The van der Waals surface area contributed by atoms with Gasteiger partial charge in [0, 0.05) is 0 Å². The summed E-state index contributed by atoms with van der Waals surface area (Å²) in [7, 11) is 0. The topological polar surface area (TPSA) is 95.4 Å². The van der Waals surface area contributed by atoms with E-state index >= 15 is 0 Å². The van der Waals surface area contributed by atoms with E-state index in [0.29, 0.717) is 0 Å². The van der Waals surface area contributed by atoms with Gasteiger partial charge in [0.2, 0.25) is 5.76 Å². The number of rotatable bonds is 4. The number of aromatic nitrogens is 1. The van der Waals surface area contributed by atoms with Gasteiger partial charge in [0.25, 0.3) is 5.91 Å². The number of hydrogen-bond acceptors (Lipinski definition) is 5. The average molecular weight is 260 g/mol. The van der Waals surface area contributed by atoms with Crippen LogP contribution in [0, 0.1) is 6.92 Å². The van der Waals surface area contributed by atoms with Crippen LogP contribution in [0.1, 0.15) is 32.5 Å². The molecule has 1 amide bonds. The molecular formula is C13H12N2O4. The summed E-state index contributed by atoms with van der Waals surface area (Å²) < 4.78 is 9.98. The highest BCUT2D eigenvalue weighted by Crippen LogP contribution is 2.11. The number of oxazole rings is 1. The molecule has 0 saturated heterocycles. The normalized spacial score (nSPS) is 10.2. The zero-order valence-corrected chi connectivity index (χ0v) is 10.3. The van der Waals surface area contributed by atoms with E-state index in [0.717, 1.165) is 5.56 Å². The Labute approximate surface area is 109 Å². The van der Waals surface area contributed by atoms with Crippen LogP contribution in [0.2, 0.25) is 0 Å². The summed E-state index contributed by atoms with van der Waals surface area (Å²) in [5, 5.41) is 0. The second-order valence-electron chi connectivity index (χ2n) is 3.86. The molecule has 0 aliphatic rings. The number of esters is 1. The number of nitrogens with two attached hydrogens (primary N) is 1. The molecule has 0 saturated carbocycles. The van der Waals surface area contributed by atoms with E-state index in [-0.39, 0.29) is 24.0 Å². The van der Waals surface area contributed by atoms with Crippen LogP contribution in [0.15, 0.2) is 34.7 Å². The zero-order chi connectivity index (χ0) is 13.8. The molecule has 1 aromatic carbocycles. The van der Waals surface area contributed by atoms with Crippen LogP contribution < -0.4 is 5.73 Å².